The molecule has 1 aliphatic rings. The van der Waals surface area contributed by atoms with Gasteiger partial charge in [0.15, 0.2) is 4.71 Å². The second-order valence-corrected chi connectivity index (χ2v) is 6.44. The number of nitrogens with zero attached hydrogens (tertiary/aromatic N) is 3. The lowest BCUT2D eigenvalue weighted by molar-refractivity contribution is 0.505. The lowest BCUT2D eigenvalue weighted by atomic mass is 10.3. The monoisotopic (exact) mass is 298 g/mol. The molecule has 4 nitrogen and oxygen atoms in total. The summed E-state index contributed by atoms with van der Waals surface area (Å²) in [6.07, 6.45) is 4.08. The molecule has 1 aromatic rings. The number of nitrogens with two attached hydrogens (primary N) is 1. The number of guanidine groups is 1. The van der Waals surface area contributed by atoms with Gasteiger partial charge in [0, 0.05) is 4.90 Å². The van der Waals surface area contributed by atoms with Crippen LogP contribution in [-0.2, 0) is 0 Å². The van der Waals surface area contributed by atoms with Crippen LogP contribution in [-0.4, -0.2) is 33.7 Å². The van der Waals surface area contributed by atoms with Crippen molar-refractivity contribution < 1.29 is 0 Å². The highest BCUT2D eigenvalue weighted by atomic mass is 32.2. The fraction of sp³-hybridized carbons (Fsp3) is 0.273. The molecule has 18 heavy (non-hydrogen) atoms. The third-order valence-corrected chi connectivity index (χ3v) is 5.21. The van der Waals surface area contributed by atoms with Crippen molar-refractivity contribution >= 4 is 52.5 Å². The third kappa shape index (κ3) is 3.15. The van der Waals surface area contributed by atoms with E-state index in [2.05, 4.69) is 10.1 Å². The zero-order chi connectivity index (χ0) is 13.0. The maximum atomic E-state index is 5.98. The van der Waals surface area contributed by atoms with Gasteiger partial charge in [-0.1, -0.05) is 11.8 Å². The predicted octanol–water partition coefficient (Wildman–Crippen LogP) is 2.99. The summed E-state index contributed by atoms with van der Waals surface area (Å²) < 4.78 is 0.180. The van der Waals surface area contributed by atoms with Gasteiger partial charge < -0.3 is 5.73 Å². The highest BCUT2D eigenvalue weighted by molar-refractivity contribution is 8.23. The van der Waals surface area contributed by atoms with E-state index in [1.807, 2.05) is 36.8 Å². The Morgan fingerprint density at radius 1 is 1.39 bits per heavy atom. The molecule has 0 spiro atoms. The van der Waals surface area contributed by atoms with Gasteiger partial charge >= 0.3 is 0 Å². The number of thioether (sulfide) groups is 3. The average molecular weight is 298 g/mol. The summed E-state index contributed by atoms with van der Waals surface area (Å²) in [5, 5.41) is 5.94. The Kier molecular flexibility index (Phi) is 4.85. The Hall–Kier alpha value is -0.790. The van der Waals surface area contributed by atoms with E-state index in [4.69, 9.17) is 5.73 Å². The first-order chi connectivity index (χ1) is 8.74. The van der Waals surface area contributed by atoms with Crippen molar-refractivity contribution in [3.05, 3.63) is 24.3 Å². The molecule has 0 bridgehead atoms. The van der Waals surface area contributed by atoms with Gasteiger partial charge in [-0.15, -0.1) is 23.5 Å². The fourth-order valence-electron chi connectivity index (χ4n) is 1.40. The number of aliphatic imine (C=N–C) groups is 1. The summed E-state index contributed by atoms with van der Waals surface area (Å²) in [7, 11) is 0. The van der Waals surface area contributed by atoms with Crippen molar-refractivity contribution in [3.8, 4) is 0 Å². The van der Waals surface area contributed by atoms with E-state index in [0.717, 1.165) is 5.69 Å². The molecule has 0 radical (unpaired) electrons. The maximum Gasteiger partial charge on any atom is 0.219 e. The molecule has 1 heterocycles. The quantitative estimate of drug-likeness (QED) is 0.528. The van der Waals surface area contributed by atoms with Gasteiger partial charge in [-0.05, 0) is 36.8 Å². The molecule has 7 heteroatoms. The van der Waals surface area contributed by atoms with Crippen LogP contribution in [0.5, 0.6) is 0 Å². The molecule has 2 N–H and O–H groups in total. The van der Waals surface area contributed by atoms with E-state index < -0.39 is 0 Å². The van der Waals surface area contributed by atoms with Crippen molar-refractivity contribution in [1.29, 1.82) is 0 Å². The summed E-state index contributed by atoms with van der Waals surface area (Å²) in [6, 6.07) is 7.98. The molecule has 0 aromatic heterocycles. The Balaban J connectivity index is 2.13. The van der Waals surface area contributed by atoms with E-state index in [9.17, 15) is 0 Å². The van der Waals surface area contributed by atoms with Gasteiger partial charge in [0.1, 0.15) is 0 Å². The predicted molar refractivity (Wildman–Crippen MR) is 84.7 cm³/mol. The van der Waals surface area contributed by atoms with Gasteiger partial charge in [0.2, 0.25) is 5.96 Å². The Bertz CT molecular complexity index is 458. The molecule has 0 saturated carbocycles. The number of hydrogen-bond acceptors (Lipinski definition) is 5. The smallest absolute Gasteiger partial charge is 0.219 e. The molecule has 2 rings (SSSR count). The molecule has 0 amide bonds. The highest BCUT2D eigenvalue weighted by Crippen LogP contribution is 2.29. The molecule has 0 saturated heterocycles. The topological polar surface area (TPSA) is 54.0 Å². The minimum Gasteiger partial charge on any atom is -0.368 e. The third-order valence-electron chi connectivity index (χ3n) is 2.30. The van der Waals surface area contributed by atoms with Crippen molar-refractivity contribution in [2.24, 2.45) is 15.8 Å². The first-order valence-electron chi connectivity index (χ1n) is 5.22. The van der Waals surface area contributed by atoms with Gasteiger partial charge in [-0.3, -0.25) is 0 Å². The van der Waals surface area contributed by atoms with Crippen molar-refractivity contribution in [2.45, 2.75) is 9.60 Å². The second kappa shape index (κ2) is 6.40. The molecular weight excluding hydrogens is 284 g/mol. The van der Waals surface area contributed by atoms with Crippen LogP contribution in [0.25, 0.3) is 0 Å². The first-order valence-corrected chi connectivity index (χ1v) is 8.68. The zero-order valence-electron chi connectivity index (χ0n) is 10.1. The van der Waals surface area contributed by atoms with Crippen LogP contribution in [0.2, 0.25) is 0 Å². The Morgan fingerprint density at radius 2 is 2.11 bits per heavy atom. The van der Waals surface area contributed by atoms with Crippen LogP contribution in [0.3, 0.4) is 0 Å². The number of rotatable bonds is 3. The summed E-state index contributed by atoms with van der Waals surface area (Å²) in [6.45, 7) is 0. The number of hydrogen-bond donors (Lipinski definition) is 1. The maximum absolute atomic E-state index is 5.98. The molecule has 0 fully saturated rings. The van der Waals surface area contributed by atoms with E-state index in [-0.39, 0.29) is 4.71 Å². The normalized spacial score (nSPS) is 19.6. The van der Waals surface area contributed by atoms with E-state index in [0.29, 0.717) is 5.96 Å². The summed E-state index contributed by atoms with van der Waals surface area (Å²) in [5.74, 6) is 0.424. The van der Waals surface area contributed by atoms with Crippen LogP contribution in [0.4, 0.5) is 5.69 Å². The largest absolute Gasteiger partial charge is 0.368 e. The van der Waals surface area contributed by atoms with Gasteiger partial charge in [-0.2, -0.15) is 5.10 Å². The number of benzene rings is 1. The summed E-state index contributed by atoms with van der Waals surface area (Å²) >= 11 is 5.02. The minimum atomic E-state index is 0.180. The van der Waals surface area contributed by atoms with E-state index in [1.54, 1.807) is 45.8 Å². The lowest BCUT2D eigenvalue weighted by Crippen LogP contribution is -2.35. The van der Waals surface area contributed by atoms with Gasteiger partial charge in [0.05, 0.1) is 11.2 Å². The lowest BCUT2D eigenvalue weighted by Gasteiger charge is -2.19. The Morgan fingerprint density at radius 3 is 2.72 bits per heavy atom. The fourth-order valence-corrected chi connectivity index (χ4v) is 3.31. The van der Waals surface area contributed by atoms with Crippen LogP contribution in [0.1, 0.15) is 0 Å². The molecule has 1 atom stereocenters. The van der Waals surface area contributed by atoms with E-state index in [1.165, 1.54) is 4.90 Å². The molecule has 96 valence electrons. The first kappa shape index (κ1) is 13.6. The average Bonchev–Trinajstić information content (AvgIpc) is 2.88. The molecule has 1 unspecified atom stereocenters. The second-order valence-electron chi connectivity index (χ2n) is 3.41. The van der Waals surface area contributed by atoms with Crippen LogP contribution >= 0.6 is 35.3 Å². The molecule has 0 aliphatic carbocycles. The minimum absolute atomic E-state index is 0.180. The van der Waals surface area contributed by atoms with Crippen LogP contribution in [0, 0.1) is 0 Å². The molecule has 1 aliphatic heterocycles. The standard InChI is InChI=1S/C11H14N4S3/c1-16-9-5-3-8(4-6-9)14-10(12)15-11(17-2)18-7-13-15/h3-7,11H,1-2H3,(H2,12,14). The van der Waals surface area contributed by atoms with E-state index >= 15 is 0 Å². The summed E-state index contributed by atoms with van der Waals surface area (Å²) in [5.41, 5.74) is 8.61. The SMILES string of the molecule is CSc1ccc(N=C(N)N2N=CSC2SC)cc1. The highest BCUT2D eigenvalue weighted by Gasteiger charge is 2.23. The molecular formula is C11H14N4S3. The summed E-state index contributed by atoms with van der Waals surface area (Å²) in [4.78, 5) is 5.60. The van der Waals surface area contributed by atoms with Crippen molar-refractivity contribution in [1.82, 2.24) is 5.01 Å². The van der Waals surface area contributed by atoms with Crippen molar-refractivity contribution in [3.63, 3.8) is 0 Å². The van der Waals surface area contributed by atoms with Gasteiger partial charge in [0.25, 0.3) is 0 Å². The zero-order valence-corrected chi connectivity index (χ0v) is 12.6. The van der Waals surface area contributed by atoms with Gasteiger partial charge in [-0.25, -0.2) is 10.0 Å². The van der Waals surface area contributed by atoms with Crippen molar-refractivity contribution in [2.75, 3.05) is 12.5 Å². The molecule has 1 aromatic carbocycles. The number of hydrazone groups is 1. The van der Waals surface area contributed by atoms with Crippen LogP contribution in [0.15, 0.2) is 39.3 Å². The Labute approximate surface area is 119 Å². The van der Waals surface area contributed by atoms with Crippen LogP contribution < -0.4 is 5.73 Å².